The Bertz CT molecular complexity index is 629. The van der Waals surface area contributed by atoms with Crippen molar-refractivity contribution in [2.45, 2.75) is 38.6 Å². The van der Waals surface area contributed by atoms with Crippen LogP contribution in [0.25, 0.3) is 0 Å². The first-order valence-electron chi connectivity index (χ1n) is 9.62. The van der Waals surface area contributed by atoms with E-state index >= 15 is 0 Å². The molecule has 2 heterocycles. The second-order valence-electron chi connectivity index (χ2n) is 7.39. The van der Waals surface area contributed by atoms with Crippen molar-refractivity contribution in [3.8, 4) is 0 Å². The number of carbonyl (C=O) groups is 2. The van der Waals surface area contributed by atoms with E-state index in [2.05, 4.69) is 16.3 Å². The summed E-state index contributed by atoms with van der Waals surface area (Å²) >= 11 is 6.24. The van der Waals surface area contributed by atoms with Gasteiger partial charge < -0.3 is 10.2 Å². The Labute approximate surface area is 160 Å². The van der Waals surface area contributed by atoms with Crippen molar-refractivity contribution >= 4 is 23.4 Å². The number of rotatable bonds is 6. The van der Waals surface area contributed by atoms with Gasteiger partial charge in [0.1, 0.15) is 0 Å². The zero-order valence-corrected chi connectivity index (χ0v) is 16.0. The molecule has 0 saturated carbocycles. The number of hydrogen-bond acceptors (Lipinski definition) is 3. The maximum absolute atomic E-state index is 12.1. The molecule has 26 heavy (non-hydrogen) atoms. The average molecular weight is 378 g/mol. The van der Waals surface area contributed by atoms with Crippen molar-refractivity contribution in [3.05, 3.63) is 34.9 Å². The summed E-state index contributed by atoms with van der Waals surface area (Å²) in [6, 6.07) is 8.00. The quantitative estimate of drug-likeness (QED) is 0.829. The normalized spacial score (nSPS) is 19.6. The van der Waals surface area contributed by atoms with Gasteiger partial charge in [0.05, 0.1) is 6.54 Å². The van der Waals surface area contributed by atoms with Gasteiger partial charge in [-0.1, -0.05) is 29.8 Å². The lowest BCUT2D eigenvalue weighted by Crippen LogP contribution is -2.45. The lowest BCUT2D eigenvalue weighted by molar-refractivity contribution is -0.137. The predicted molar refractivity (Wildman–Crippen MR) is 103 cm³/mol. The van der Waals surface area contributed by atoms with E-state index in [0.29, 0.717) is 25.4 Å². The molecule has 2 aliphatic rings. The van der Waals surface area contributed by atoms with Gasteiger partial charge in [0.25, 0.3) is 0 Å². The SMILES string of the molecule is O=C(CN1CCCCC1=O)NCC1CCN(Cc2ccccc2Cl)CC1. The van der Waals surface area contributed by atoms with Crippen LogP contribution in [0.5, 0.6) is 0 Å². The highest BCUT2D eigenvalue weighted by atomic mass is 35.5. The van der Waals surface area contributed by atoms with Crippen LogP contribution in [-0.2, 0) is 16.1 Å². The van der Waals surface area contributed by atoms with Gasteiger partial charge in [0.2, 0.25) is 11.8 Å². The molecule has 0 atom stereocenters. The van der Waals surface area contributed by atoms with Crippen LogP contribution >= 0.6 is 11.6 Å². The molecule has 2 saturated heterocycles. The van der Waals surface area contributed by atoms with E-state index in [-0.39, 0.29) is 18.4 Å². The third kappa shape index (κ3) is 5.45. The standard InChI is InChI=1S/C20H28ClN3O2/c21-18-6-2-1-5-17(18)14-23-11-8-16(9-12-23)13-22-19(25)15-24-10-4-3-7-20(24)26/h1-2,5-6,16H,3-4,7-15H2,(H,22,25). The average Bonchev–Trinajstić information content (AvgIpc) is 2.65. The minimum Gasteiger partial charge on any atom is -0.354 e. The van der Waals surface area contributed by atoms with Gasteiger partial charge in [-0.15, -0.1) is 0 Å². The summed E-state index contributed by atoms with van der Waals surface area (Å²) in [5.74, 6) is 0.594. The molecule has 0 unspecified atom stereocenters. The molecule has 1 N–H and O–H groups in total. The molecule has 5 nitrogen and oxygen atoms in total. The van der Waals surface area contributed by atoms with Gasteiger partial charge in [-0.3, -0.25) is 14.5 Å². The van der Waals surface area contributed by atoms with Crippen molar-refractivity contribution < 1.29 is 9.59 Å². The predicted octanol–water partition coefficient (Wildman–Crippen LogP) is 2.68. The number of halogens is 1. The number of nitrogens with one attached hydrogen (secondary N) is 1. The first kappa shape index (κ1) is 19.2. The lowest BCUT2D eigenvalue weighted by Gasteiger charge is -2.32. The molecule has 6 heteroatoms. The number of carbonyl (C=O) groups excluding carboxylic acids is 2. The van der Waals surface area contributed by atoms with Crippen molar-refractivity contribution in [1.82, 2.24) is 15.1 Å². The summed E-state index contributed by atoms with van der Waals surface area (Å²) in [6.45, 7) is 4.57. The number of hydrogen-bond donors (Lipinski definition) is 1. The number of piperidine rings is 2. The summed E-state index contributed by atoms with van der Waals surface area (Å²) in [5.41, 5.74) is 1.17. The summed E-state index contributed by atoms with van der Waals surface area (Å²) in [6.07, 6.45) is 4.69. The highest BCUT2D eigenvalue weighted by Gasteiger charge is 2.23. The third-order valence-corrected chi connectivity index (χ3v) is 5.77. The van der Waals surface area contributed by atoms with Gasteiger partial charge in [-0.25, -0.2) is 0 Å². The van der Waals surface area contributed by atoms with Crippen LogP contribution in [0.4, 0.5) is 0 Å². The van der Waals surface area contributed by atoms with E-state index < -0.39 is 0 Å². The van der Waals surface area contributed by atoms with E-state index in [1.807, 2.05) is 18.2 Å². The molecule has 2 amide bonds. The molecular weight excluding hydrogens is 350 g/mol. The zero-order chi connectivity index (χ0) is 18.4. The van der Waals surface area contributed by atoms with E-state index in [1.165, 1.54) is 5.56 Å². The van der Waals surface area contributed by atoms with Crippen LogP contribution < -0.4 is 5.32 Å². The van der Waals surface area contributed by atoms with Gasteiger partial charge in [0.15, 0.2) is 0 Å². The molecule has 0 bridgehead atoms. The van der Waals surface area contributed by atoms with E-state index in [4.69, 9.17) is 11.6 Å². The first-order valence-corrected chi connectivity index (χ1v) is 10.00. The summed E-state index contributed by atoms with van der Waals surface area (Å²) in [5, 5.41) is 3.85. The molecule has 2 fully saturated rings. The van der Waals surface area contributed by atoms with Crippen LogP contribution in [0.3, 0.4) is 0 Å². The highest BCUT2D eigenvalue weighted by molar-refractivity contribution is 6.31. The molecule has 0 aromatic heterocycles. The molecular formula is C20H28ClN3O2. The Morgan fingerprint density at radius 3 is 2.65 bits per heavy atom. The van der Waals surface area contributed by atoms with E-state index in [1.54, 1.807) is 4.90 Å². The molecule has 2 aliphatic heterocycles. The second kappa shape index (κ2) is 9.38. The smallest absolute Gasteiger partial charge is 0.239 e. The molecule has 0 aliphatic carbocycles. The molecule has 0 spiro atoms. The fourth-order valence-electron chi connectivity index (χ4n) is 3.73. The van der Waals surface area contributed by atoms with Crippen LogP contribution in [-0.4, -0.2) is 54.3 Å². The van der Waals surface area contributed by atoms with Crippen LogP contribution in [0, 0.1) is 5.92 Å². The van der Waals surface area contributed by atoms with Crippen molar-refractivity contribution in [2.24, 2.45) is 5.92 Å². The summed E-state index contributed by atoms with van der Waals surface area (Å²) in [7, 11) is 0. The first-order chi connectivity index (χ1) is 12.6. The number of nitrogens with zero attached hydrogens (tertiary/aromatic N) is 2. The van der Waals surface area contributed by atoms with Crippen LogP contribution in [0.2, 0.25) is 5.02 Å². The molecule has 3 rings (SSSR count). The number of benzene rings is 1. The topological polar surface area (TPSA) is 52.7 Å². The molecule has 1 aromatic rings. The fourth-order valence-corrected chi connectivity index (χ4v) is 3.93. The fraction of sp³-hybridized carbons (Fsp3) is 0.600. The minimum atomic E-state index is -0.0289. The Morgan fingerprint density at radius 1 is 1.15 bits per heavy atom. The van der Waals surface area contributed by atoms with Crippen molar-refractivity contribution in [1.29, 1.82) is 0 Å². The number of amides is 2. The molecule has 1 aromatic carbocycles. The Morgan fingerprint density at radius 2 is 1.92 bits per heavy atom. The van der Waals surface area contributed by atoms with Crippen molar-refractivity contribution in [3.63, 3.8) is 0 Å². The highest BCUT2D eigenvalue weighted by Crippen LogP contribution is 2.22. The van der Waals surface area contributed by atoms with Crippen molar-refractivity contribution in [2.75, 3.05) is 32.7 Å². The number of likely N-dealkylation sites (tertiary alicyclic amines) is 2. The molecule has 142 valence electrons. The Balaban J connectivity index is 1.35. The van der Waals surface area contributed by atoms with Gasteiger partial charge in [-0.2, -0.15) is 0 Å². The minimum absolute atomic E-state index is 0.0289. The largest absolute Gasteiger partial charge is 0.354 e. The van der Waals surface area contributed by atoms with Crippen LogP contribution in [0.15, 0.2) is 24.3 Å². The zero-order valence-electron chi connectivity index (χ0n) is 15.3. The van der Waals surface area contributed by atoms with Gasteiger partial charge >= 0.3 is 0 Å². The van der Waals surface area contributed by atoms with E-state index in [0.717, 1.165) is 50.3 Å². The third-order valence-electron chi connectivity index (χ3n) is 5.40. The Hall–Kier alpha value is -1.59. The van der Waals surface area contributed by atoms with Gasteiger partial charge in [0, 0.05) is 31.1 Å². The maximum atomic E-state index is 12.1. The maximum Gasteiger partial charge on any atom is 0.239 e. The Kier molecular flexibility index (Phi) is 6.92. The second-order valence-corrected chi connectivity index (χ2v) is 7.79. The monoisotopic (exact) mass is 377 g/mol. The lowest BCUT2D eigenvalue weighted by atomic mass is 9.96. The molecule has 0 radical (unpaired) electrons. The van der Waals surface area contributed by atoms with Gasteiger partial charge in [-0.05, 0) is 56.3 Å². The van der Waals surface area contributed by atoms with E-state index in [9.17, 15) is 9.59 Å². The summed E-state index contributed by atoms with van der Waals surface area (Å²) in [4.78, 5) is 28.0. The van der Waals surface area contributed by atoms with Crippen LogP contribution in [0.1, 0.15) is 37.7 Å². The summed E-state index contributed by atoms with van der Waals surface area (Å²) < 4.78 is 0.